The van der Waals surface area contributed by atoms with Gasteiger partial charge in [0, 0.05) is 23.8 Å². The van der Waals surface area contributed by atoms with Gasteiger partial charge in [0.15, 0.2) is 5.82 Å². The standard InChI is InChI=1S/C17H23N3O3S/c1-2-7-17-19-15(20-23-17)12-24(22)13-16(21)18-11-6-10-14-8-4-3-5-9-14/h3-5,8-9H,2,6-7,10-13H2,1H3,(H,18,21). The second-order valence-corrected chi connectivity index (χ2v) is 6.98. The molecule has 0 aliphatic heterocycles. The minimum Gasteiger partial charge on any atom is -0.355 e. The number of benzene rings is 1. The summed E-state index contributed by atoms with van der Waals surface area (Å²) in [7, 11) is -1.33. The molecule has 1 aromatic heterocycles. The van der Waals surface area contributed by atoms with E-state index < -0.39 is 10.8 Å². The molecule has 0 spiro atoms. The van der Waals surface area contributed by atoms with Crippen LogP contribution in [-0.4, -0.2) is 32.6 Å². The van der Waals surface area contributed by atoms with Crippen molar-refractivity contribution in [2.45, 2.75) is 38.4 Å². The fourth-order valence-corrected chi connectivity index (χ4v) is 3.12. The van der Waals surface area contributed by atoms with Crippen molar-refractivity contribution in [1.29, 1.82) is 0 Å². The minimum absolute atomic E-state index is 0.0387. The molecule has 1 amide bonds. The molecule has 1 atom stereocenters. The quantitative estimate of drug-likeness (QED) is 0.663. The molecule has 0 saturated heterocycles. The number of aromatic nitrogens is 2. The van der Waals surface area contributed by atoms with Gasteiger partial charge in [-0.3, -0.25) is 9.00 Å². The minimum atomic E-state index is -1.33. The van der Waals surface area contributed by atoms with Gasteiger partial charge < -0.3 is 9.84 Å². The molecule has 0 aliphatic carbocycles. The Labute approximate surface area is 144 Å². The number of amides is 1. The molecule has 24 heavy (non-hydrogen) atoms. The van der Waals surface area contributed by atoms with Crippen LogP contribution < -0.4 is 5.32 Å². The van der Waals surface area contributed by atoms with E-state index in [0.717, 1.165) is 19.3 Å². The van der Waals surface area contributed by atoms with Crippen LogP contribution in [-0.2, 0) is 34.2 Å². The fourth-order valence-electron chi connectivity index (χ4n) is 2.22. The number of carbonyl (C=O) groups excluding carboxylic acids is 1. The number of nitrogens with one attached hydrogen (secondary N) is 1. The van der Waals surface area contributed by atoms with Gasteiger partial charge in [0.2, 0.25) is 11.8 Å². The Balaban J connectivity index is 1.63. The predicted molar refractivity (Wildman–Crippen MR) is 92.8 cm³/mol. The van der Waals surface area contributed by atoms with E-state index in [1.54, 1.807) is 0 Å². The molecule has 7 heteroatoms. The van der Waals surface area contributed by atoms with Crippen molar-refractivity contribution in [3.05, 3.63) is 47.6 Å². The summed E-state index contributed by atoms with van der Waals surface area (Å²) in [6.07, 6.45) is 3.39. The monoisotopic (exact) mass is 349 g/mol. The van der Waals surface area contributed by atoms with E-state index in [1.807, 2.05) is 25.1 Å². The lowest BCUT2D eigenvalue weighted by atomic mass is 10.1. The summed E-state index contributed by atoms with van der Waals surface area (Å²) in [4.78, 5) is 15.9. The van der Waals surface area contributed by atoms with Gasteiger partial charge in [-0.15, -0.1) is 0 Å². The highest BCUT2D eigenvalue weighted by Gasteiger charge is 2.12. The molecule has 130 valence electrons. The zero-order valence-electron chi connectivity index (χ0n) is 13.9. The largest absolute Gasteiger partial charge is 0.355 e. The number of hydrogen-bond donors (Lipinski definition) is 1. The smallest absolute Gasteiger partial charge is 0.232 e. The maximum absolute atomic E-state index is 12.0. The summed E-state index contributed by atoms with van der Waals surface area (Å²) in [6.45, 7) is 2.60. The van der Waals surface area contributed by atoms with Crippen molar-refractivity contribution in [2.75, 3.05) is 12.3 Å². The Bertz CT molecular complexity index is 658. The van der Waals surface area contributed by atoms with E-state index >= 15 is 0 Å². The summed E-state index contributed by atoms with van der Waals surface area (Å²) < 4.78 is 17.0. The highest BCUT2D eigenvalue weighted by Crippen LogP contribution is 2.04. The SMILES string of the molecule is CCCc1nc(CS(=O)CC(=O)NCCCc2ccccc2)no1. The molecule has 6 nitrogen and oxygen atoms in total. The fraction of sp³-hybridized carbons (Fsp3) is 0.471. The van der Waals surface area contributed by atoms with Gasteiger partial charge in [-0.1, -0.05) is 42.4 Å². The van der Waals surface area contributed by atoms with Gasteiger partial charge in [0.25, 0.3) is 0 Å². The van der Waals surface area contributed by atoms with E-state index in [2.05, 4.69) is 27.6 Å². The first-order valence-corrected chi connectivity index (χ1v) is 9.63. The molecule has 0 radical (unpaired) electrons. The van der Waals surface area contributed by atoms with E-state index in [0.29, 0.717) is 24.7 Å². The Hall–Kier alpha value is -2.02. The first-order chi connectivity index (χ1) is 11.7. The van der Waals surface area contributed by atoms with Crippen molar-refractivity contribution >= 4 is 16.7 Å². The van der Waals surface area contributed by atoms with Crippen LogP contribution in [0.25, 0.3) is 0 Å². The average Bonchev–Trinajstić information content (AvgIpc) is 3.00. The van der Waals surface area contributed by atoms with Crippen LogP contribution in [0.15, 0.2) is 34.9 Å². The Kier molecular flexibility index (Phi) is 7.61. The zero-order valence-corrected chi connectivity index (χ0v) is 14.7. The Morgan fingerprint density at radius 1 is 1.25 bits per heavy atom. The molecule has 0 bridgehead atoms. The number of aryl methyl sites for hydroxylation is 2. The zero-order chi connectivity index (χ0) is 17.2. The van der Waals surface area contributed by atoms with E-state index in [9.17, 15) is 9.00 Å². The molecule has 1 aromatic carbocycles. The van der Waals surface area contributed by atoms with Gasteiger partial charge >= 0.3 is 0 Å². The topological polar surface area (TPSA) is 85.1 Å². The lowest BCUT2D eigenvalue weighted by molar-refractivity contribution is -0.118. The number of hydrogen-bond acceptors (Lipinski definition) is 5. The third-order valence-corrected chi connectivity index (χ3v) is 4.53. The molecule has 0 aliphatic rings. The van der Waals surface area contributed by atoms with Crippen LogP contribution in [0, 0.1) is 0 Å². The van der Waals surface area contributed by atoms with Gasteiger partial charge in [0.1, 0.15) is 5.75 Å². The van der Waals surface area contributed by atoms with Crippen LogP contribution in [0.1, 0.15) is 37.0 Å². The highest BCUT2D eigenvalue weighted by molar-refractivity contribution is 7.84. The molecule has 0 fully saturated rings. The van der Waals surface area contributed by atoms with Crippen LogP contribution in [0.3, 0.4) is 0 Å². The maximum atomic E-state index is 12.0. The lowest BCUT2D eigenvalue weighted by Gasteiger charge is -2.05. The molecule has 2 rings (SSSR count). The summed E-state index contributed by atoms with van der Waals surface area (Å²) in [6, 6.07) is 10.1. The molecule has 1 heterocycles. The number of nitrogens with zero attached hydrogens (tertiary/aromatic N) is 2. The van der Waals surface area contributed by atoms with Crippen molar-refractivity contribution in [3.63, 3.8) is 0 Å². The Morgan fingerprint density at radius 2 is 2.04 bits per heavy atom. The van der Waals surface area contributed by atoms with Gasteiger partial charge in [0.05, 0.1) is 5.75 Å². The van der Waals surface area contributed by atoms with Crippen molar-refractivity contribution < 1.29 is 13.5 Å². The summed E-state index contributed by atoms with van der Waals surface area (Å²) in [5.41, 5.74) is 1.25. The number of rotatable bonds is 10. The second-order valence-electron chi connectivity index (χ2n) is 5.52. The summed E-state index contributed by atoms with van der Waals surface area (Å²) in [5.74, 6) is 0.843. The van der Waals surface area contributed by atoms with Crippen molar-refractivity contribution in [2.24, 2.45) is 0 Å². The predicted octanol–water partition coefficient (Wildman–Crippen LogP) is 2.02. The summed E-state index contributed by atoms with van der Waals surface area (Å²) >= 11 is 0. The van der Waals surface area contributed by atoms with Crippen molar-refractivity contribution in [3.8, 4) is 0 Å². The molecular weight excluding hydrogens is 326 g/mol. The van der Waals surface area contributed by atoms with E-state index in [-0.39, 0.29) is 17.4 Å². The maximum Gasteiger partial charge on any atom is 0.232 e. The second kappa shape index (κ2) is 9.97. The van der Waals surface area contributed by atoms with Crippen molar-refractivity contribution in [1.82, 2.24) is 15.5 Å². The molecule has 2 aromatic rings. The normalized spacial score (nSPS) is 12.0. The van der Waals surface area contributed by atoms with Crippen LogP contribution in [0.2, 0.25) is 0 Å². The van der Waals surface area contributed by atoms with E-state index in [1.165, 1.54) is 5.56 Å². The van der Waals surface area contributed by atoms with Crippen LogP contribution in [0.4, 0.5) is 0 Å². The van der Waals surface area contributed by atoms with E-state index in [4.69, 9.17) is 4.52 Å². The van der Waals surface area contributed by atoms with Crippen LogP contribution in [0.5, 0.6) is 0 Å². The molecule has 0 saturated carbocycles. The molecule has 1 N–H and O–H groups in total. The summed E-state index contributed by atoms with van der Waals surface area (Å²) in [5, 5.41) is 6.58. The van der Waals surface area contributed by atoms with Gasteiger partial charge in [-0.2, -0.15) is 4.98 Å². The third kappa shape index (κ3) is 6.62. The average molecular weight is 349 g/mol. The van der Waals surface area contributed by atoms with Gasteiger partial charge in [-0.25, -0.2) is 0 Å². The third-order valence-electron chi connectivity index (χ3n) is 3.36. The first kappa shape index (κ1) is 18.3. The molecule has 1 unspecified atom stereocenters. The Morgan fingerprint density at radius 3 is 2.79 bits per heavy atom. The first-order valence-electron chi connectivity index (χ1n) is 8.14. The molecular formula is C17H23N3O3S. The highest BCUT2D eigenvalue weighted by atomic mass is 32.2. The lowest BCUT2D eigenvalue weighted by Crippen LogP contribution is -2.29. The van der Waals surface area contributed by atoms with Gasteiger partial charge in [-0.05, 0) is 24.8 Å². The number of carbonyl (C=O) groups is 1. The van der Waals surface area contributed by atoms with Crippen LogP contribution >= 0.6 is 0 Å².